The number of carbonyl (C=O) groups excluding carboxylic acids is 1. The molecule has 0 saturated carbocycles. The van der Waals surface area contributed by atoms with Gasteiger partial charge in [0.2, 0.25) is 0 Å². The quantitative estimate of drug-likeness (QED) is 0.463. The first-order valence-corrected chi connectivity index (χ1v) is 6.32. The average Bonchev–Trinajstić information content (AvgIpc) is 2.39. The Morgan fingerprint density at radius 1 is 1.37 bits per heavy atom. The summed E-state index contributed by atoms with van der Waals surface area (Å²) in [5.74, 6) is -0.343. The van der Waals surface area contributed by atoms with E-state index in [0.29, 0.717) is 6.54 Å². The van der Waals surface area contributed by atoms with Gasteiger partial charge >= 0.3 is 0 Å². The van der Waals surface area contributed by atoms with Crippen molar-refractivity contribution in [2.75, 3.05) is 6.54 Å². The van der Waals surface area contributed by atoms with Crippen molar-refractivity contribution in [2.24, 2.45) is 0 Å². The lowest BCUT2D eigenvalue weighted by molar-refractivity contribution is -0.117. The summed E-state index contributed by atoms with van der Waals surface area (Å²) in [6.45, 7) is 4.40. The monoisotopic (exact) mass is 257 g/mol. The number of nitrogens with one attached hydrogen (secondary N) is 2. The third-order valence-electron chi connectivity index (χ3n) is 2.43. The molecule has 1 rings (SSSR count). The second-order valence-corrected chi connectivity index (χ2v) is 4.49. The number of carbonyl (C=O) groups is 1. The van der Waals surface area contributed by atoms with Crippen LogP contribution in [0.3, 0.4) is 0 Å². The second kappa shape index (κ2) is 7.93. The molecule has 4 heteroatoms. The van der Waals surface area contributed by atoms with E-state index < -0.39 is 0 Å². The van der Waals surface area contributed by atoms with Crippen molar-refractivity contribution in [3.8, 4) is 6.07 Å². The molecule has 0 radical (unpaired) electrons. The van der Waals surface area contributed by atoms with Crippen LogP contribution in [-0.2, 0) is 11.2 Å². The van der Waals surface area contributed by atoms with Crippen LogP contribution in [0, 0.1) is 11.3 Å². The van der Waals surface area contributed by atoms with Crippen LogP contribution in [0.1, 0.15) is 19.4 Å². The molecule has 1 aromatic carbocycles. The highest BCUT2D eigenvalue weighted by molar-refractivity contribution is 5.97. The summed E-state index contributed by atoms with van der Waals surface area (Å²) in [7, 11) is 0. The van der Waals surface area contributed by atoms with E-state index in [4.69, 9.17) is 5.26 Å². The third-order valence-corrected chi connectivity index (χ3v) is 2.43. The van der Waals surface area contributed by atoms with Gasteiger partial charge in [-0.25, -0.2) is 0 Å². The van der Waals surface area contributed by atoms with Crippen LogP contribution in [0.2, 0.25) is 0 Å². The summed E-state index contributed by atoms with van der Waals surface area (Å²) in [6, 6.07) is 12.0. The normalized spacial score (nSPS) is 10.9. The lowest BCUT2D eigenvalue weighted by Crippen LogP contribution is -2.31. The first-order valence-electron chi connectivity index (χ1n) is 6.32. The van der Waals surface area contributed by atoms with E-state index >= 15 is 0 Å². The fraction of sp³-hybridized carbons (Fsp3) is 0.333. The van der Waals surface area contributed by atoms with E-state index in [1.807, 2.05) is 50.2 Å². The molecule has 1 aromatic rings. The zero-order chi connectivity index (χ0) is 14.1. The van der Waals surface area contributed by atoms with Crippen molar-refractivity contribution in [1.29, 1.82) is 5.26 Å². The Morgan fingerprint density at radius 2 is 2.05 bits per heavy atom. The fourth-order valence-corrected chi connectivity index (χ4v) is 1.52. The Balaban J connectivity index is 2.42. The van der Waals surface area contributed by atoms with Crippen LogP contribution in [0.15, 0.2) is 42.1 Å². The third kappa shape index (κ3) is 5.73. The van der Waals surface area contributed by atoms with Crippen molar-refractivity contribution >= 4 is 5.91 Å². The van der Waals surface area contributed by atoms with E-state index in [2.05, 4.69) is 10.6 Å². The van der Waals surface area contributed by atoms with E-state index in [9.17, 15) is 4.79 Å². The van der Waals surface area contributed by atoms with Crippen molar-refractivity contribution in [2.45, 2.75) is 26.3 Å². The first-order chi connectivity index (χ1) is 9.13. The molecule has 0 bridgehead atoms. The predicted molar refractivity (Wildman–Crippen MR) is 75.1 cm³/mol. The number of amides is 1. The fourth-order valence-electron chi connectivity index (χ4n) is 1.52. The first kappa shape index (κ1) is 14.8. The van der Waals surface area contributed by atoms with E-state index in [1.165, 1.54) is 11.8 Å². The average molecular weight is 257 g/mol. The number of nitrogens with zero attached hydrogens (tertiary/aromatic N) is 1. The predicted octanol–water partition coefficient (Wildman–Crippen LogP) is 1.75. The molecular weight excluding hydrogens is 238 g/mol. The maximum atomic E-state index is 11.6. The number of hydrogen-bond donors (Lipinski definition) is 2. The Kier molecular flexibility index (Phi) is 6.17. The Morgan fingerprint density at radius 3 is 2.63 bits per heavy atom. The van der Waals surface area contributed by atoms with Crippen LogP contribution >= 0.6 is 0 Å². The van der Waals surface area contributed by atoms with Crippen molar-refractivity contribution in [1.82, 2.24) is 10.6 Å². The SMILES string of the molecule is CC(C)NC(=O)/C(C#N)=C\NCCc1ccccc1. The highest BCUT2D eigenvalue weighted by Gasteiger charge is 2.08. The van der Waals surface area contributed by atoms with Gasteiger partial charge in [0.1, 0.15) is 11.6 Å². The Labute approximate surface area is 114 Å². The summed E-state index contributed by atoms with van der Waals surface area (Å²) >= 11 is 0. The van der Waals surface area contributed by atoms with Crippen molar-refractivity contribution in [3.63, 3.8) is 0 Å². The van der Waals surface area contributed by atoms with Gasteiger partial charge in [-0.3, -0.25) is 4.79 Å². The topological polar surface area (TPSA) is 64.9 Å². The number of rotatable bonds is 6. The standard InChI is InChI=1S/C15H19N3O/c1-12(2)18-15(19)14(10-16)11-17-9-8-13-6-4-3-5-7-13/h3-7,11-12,17H,8-9H2,1-2H3,(H,18,19)/b14-11-. The molecule has 0 spiro atoms. The summed E-state index contributed by atoms with van der Waals surface area (Å²) in [5.41, 5.74) is 1.32. The van der Waals surface area contributed by atoms with Gasteiger partial charge in [-0.2, -0.15) is 5.26 Å². The molecule has 0 aliphatic rings. The minimum atomic E-state index is -0.343. The number of nitriles is 1. The summed E-state index contributed by atoms with van der Waals surface area (Å²) in [6.07, 6.45) is 2.32. The molecule has 0 aliphatic heterocycles. The summed E-state index contributed by atoms with van der Waals surface area (Å²) in [5, 5.41) is 14.6. The van der Waals surface area contributed by atoms with Crippen LogP contribution in [0.5, 0.6) is 0 Å². The minimum absolute atomic E-state index is 0.0218. The van der Waals surface area contributed by atoms with Gasteiger partial charge in [0.05, 0.1) is 0 Å². The van der Waals surface area contributed by atoms with Crippen molar-refractivity contribution < 1.29 is 4.79 Å². The molecule has 1 amide bonds. The van der Waals surface area contributed by atoms with Gasteiger partial charge in [0, 0.05) is 18.8 Å². The molecule has 0 saturated heterocycles. The molecule has 19 heavy (non-hydrogen) atoms. The van der Waals surface area contributed by atoms with E-state index in [1.54, 1.807) is 0 Å². The smallest absolute Gasteiger partial charge is 0.263 e. The van der Waals surface area contributed by atoms with Crippen LogP contribution in [-0.4, -0.2) is 18.5 Å². The second-order valence-electron chi connectivity index (χ2n) is 4.49. The van der Waals surface area contributed by atoms with E-state index in [0.717, 1.165) is 6.42 Å². The Bertz CT molecular complexity index is 472. The zero-order valence-corrected chi connectivity index (χ0v) is 11.3. The molecule has 2 N–H and O–H groups in total. The molecule has 0 atom stereocenters. The maximum absolute atomic E-state index is 11.6. The zero-order valence-electron chi connectivity index (χ0n) is 11.3. The lowest BCUT2D eigenvalue weighted by Gasteiger charge is -2.07. The van der Waals surface area contributed by atoms with Crippen LogP contribution < -0.4 is 10.6 Å². The molecule has 0 fully saturated rings. The number of hydrogen-bond acceptors (Lipinski definition) is 3. The molecule has 100 valence electrons. The summed E-state index contributed by atoms with van der Waals surface area (Å²) < 4.78 is 0. The van der Waals surface area contributed by atoms with Gasteiger partial charge in [0.25, 0.3) is 5.91 Å². The summed E-state index contributed by atoms with van der Waals surface area (Å²) in [4.78, 5) is 11.6. The van der Waals surface area contributed by atoms with Gasteiger partial charge in [0.15, 0.2) is 0 Å². The van der Waals surface area contributed by atoms with Crippen LogP contribution in [0.25, 0.3) is 0 Å². The highest BCUT2D eigenvalue weighted by Crippen LogP contribution is 1.98. The molecule has 0 aliphatic carbocycles. The molecular formula is C15H19N3O. The van der Waals surface area contributed by atoms with Crippen LogP contribution in [0.4, 0.5) is 0 Å². The molecule has 0 unspecified atom stereocenters. The van der Waals surface area contributed by atoms with E-state index in [-0.39, 0.29) is 17.5 Å². The van der Waals surface area contributed by atoms with Gasteiger partial charge in [-0.1, -0.05) is 30.3 Å². The molecule has 4 nitrogen and oxygen atoms in total. The minimum Gasteiger partial charge on any atom is -0.389 e. The van der Waals surface area contributed by atoms with Gasteiger partial charge in [-0.15, -0.1) is 0 Å². The highest BCUT2D eigenvalue weighted by atomic mass is 16.1. The van der Waals surface area contributed by atoms with Gasteiger partial charge < -0.3 is 10.6 Å². The Hall–Kier alpha value is -2.28. The lowest BCUT2D eigenvalue weighted by atomic mass is 10.1. The number of benzene rings is 1. The molecule has 0 heterocycles. The van der Waals surface area contributed by atoms with Crippen molar-refractivity contribution in [3.05, 3.63) is 47.7 Å². The molecule has 0 aromatic heterocycles. The van der Waals surface area contributed by atoms with Gasteiger partial charge in [-0.05, 0) is 25.8 Å². The largest absolute Gasteiger partial charge is 0.389 e. The maximum Gasteiger partial charge on any atom is 0.263 e.